The predicted molar refractivity (Wildman–Crippen MR) is 137 cm³/mol. The van der Waals surface area contributed by atoms with E-state index in [-0.39, 0.29) is 11.9 Å². The first-order valence-electron chi connectivity index (χ1n) is 11.8. The number of carbonyl (C=O) groups excluding carboxylic acids is 1. The van der Waals surface area contributed by atoms with E-state index in [1.807, 2.05) is 26.1 Å². The summed E-state index contributed by atoms with van der Waals surface area (Å²) in [7, 11) is 3.77. The van der Waals surface area contributed by atoms with Crippen LogP contribution in [-0.2, 0) is 17.6 Å². The van der Waals surface area contributed by atoms with E-state index in [9.17, 15) is 4.79 Å². The van der Waals surface area contributed by atoms with Gasteiger partial charge in [-0.25, -0.2) is 9.97 Å². The highest BCUT2D eigenvalue weighted by Crippen LogP contribution is 2.33. The van der Waals surface area contributed by atoms with E-state index in [0.717, 1.165) is 66.4 Å². The number of nitrogen functional groups attached to an aromatic ring is 1. The number of rotatable bonds is 6. The smallest absolute Gasteiger partial charge is 0.263 e. The zero-order chi connectivity index (χ0) is 23.8. The Labute approximate surface area is 203 Å². The molecule has 0 bridgehead atoms. The van der Waals surface area contributed by atoms with Crippen molar-refractivity contribution in [3.8, 4) is 0 Å². The summed E-state index contributed by atoms with van der Waals surface area (Å²) in [5, 5.41) is 7.46. The van der Waals surface area contributed by atoms with Crippen LogP contribution in [0.25, 0.3) is 10.2 Å². The molecule has 1 saturated heterocycles. The van der Waals surface area contributed by atoms with Gasteiger partial charge >= 0.3 is 0 Å². The van der Waals surface area contributed by atoms with Crippen molar-refractivity contribution < 1.29 is 9.53 Å². The Kier molecular flexibility index (Phi) is 6.42. The van der Waals surface area contributed by atoms with E-state index in [0.29, 0.717) is 22.5 Å². The molecule has 0 aromatic carbocycles. The number of amides is 1. The molecule has 180 valence electrons. The maximum Gasteiger partial charge on any atom is 0.263 e. The fraction of sp³-hybridized carbons (Fsp3) is 0.480. The molecule has 3 aromatic rings. The second-order valence-electron chi connectivity index (χ2n) is 9.35. The van der Waals surface area contributed by atoms with E-state index in [4.69, 9.17) is 15.5 Å². The zero-order valence-corrected chi connectivity index (χ0v) is 20.7. The third-order valence-corrected chi connectivity index (χ3v) is 8.15. The summed E-state index contributed by atoms with van der Waals surface area (Å²) in [4.78, 5) is 26.2. The largest absolute Gasteiger partial charge is 0.397 e. The fourth-order valence-electron chi connectivity index (χ4n) is 5.18. The van der Waals surface area contributed by atoms with Crippen molar-refractivity contribution in [1.82, 2.24) is 20.6 Å². The van der Waals surface area contributed by atoms with Gasteiger partial charge in [-0.05, 0) is 57.0 Å². The molecular formula is C25H32N6O2S. The van der Waals surface area contributed by atoms with Crippen LogP contribution in [0, 0.1) is 12.8 Å². The Morgan fingerprint density at radius 1 is 1.26 bits per heavy atom. The molecule has 1 amide bonds. The second kappa shape index (κ2) is 9.48. The molecule has 0 spiro atoms. The molecule has 3 aromatic heterocycles. The molecule has 0 saturated carbocycles. The standard InChI is InChI=1S/C25H32N6O2S/c1-14-4-7-18-22(26)23(34-25(18)28-14)24(32)29-17-6-8-19-15(10-17)5-9-21(30-19)31-11-16(13-33-3)20(12-31)27-2/h4-5,7,9,16-17,20,27H,6,8,10-13,26H2,1-3H3,(H,29,32)/t16-,17+,20-/m1/s1. The fourth-order valence-corrected chi connectivity index (χ4v) is 6.22. The molecule has 1 aliphatic carbocycles. The number of aryl methyl sites for hydroxylation is 2. The average molecular weight is 481 g/mol. The first-order valence-corrected chi connectivity index (χ1v) is 12.6. The van der Waals surface area contributed by atoms with Crippen molar-refractivity contribution in [2.45, 2.75) is 38.3 Å². The predicted octanol–water partition coefficient (Wildman–Crippen LogP) is 2.54. The molecule has 2 aliphatic rings. The number of thiophene rings is 1. The minimum Gasteiger partial charge on any atom is -0.397 e. The van der Waals surface area contributed by atoms with Gasteiger partial charge in [0.1, 0.15) is 15.5 Å². The van der Waals surface area contributed by atoms with Crippen molar-refractivity contribution in [2.24, 2.45) is 5.92 Å². The third kappa shape index (κ3) is 4.35. The second-order valence-corrected chi connectivity index (χ2v) is 10.4. The van der Waals surface area contributed by atoms with Gasteiger partial charge in [-0.15, -0.1) is 11.3 Å². The lowest BCUT2D eigenvalue weighted by molar-refractivity contribution is 0.0938. The number of hydrogen-bond acceptors (Lipinski definition) is 8. The number of pyridine rings is 2. The van der Waals surface area contributed by atoms with Crippen molar-refractivity contribution >= 4 is 39.0 Å². The molecule has 4 heterocycles. The third-order valence-electron chi connectivity index (χ3n) is 7.04. The van der Waals surface area contributed by atoms with Gasteiger partial charge in [0.25, 0.3) is 5.91 Å². The first-order chi connectivity index (χ1) is 16.5. The number of carbonyl (C=O) groups is 1. The summed E-state index contributed by atoms with van der Waals surface area (Å²) in [5.74, 6) is 1.37. The van der Waals surface area contributed by atoms with Crippen LogP contribution >= 0.6 is 11.3 Å². The molecule has 4 N–H and O–H groups in total. The molecule has 1 aliphatic heterocycles. The maximum absolute atomic E-state index is 13.0. The number of methoxy groups -OCH3 is 1. The van der Waals surface area contributed by atoms with E-state index in [1.54, 1.807) is 7.11 Å². The van der Waals surface area contributed by atoms with E-state index >= 15 is 0 Å². The molecule has 3 atom stereocenters. The summed E-state index contributed by atoms with van der Waals surface area (Å²) >= 11 is 1.36. The molecule has 0 radical (unpaired) electrons. The maximum atomic E-state index is 13.0. The first kappa shape index (κ1) is 23.0. The number of nitrogens with two attached hydrogens (primary N) is 1. The van der Waals surface area contributed by atoms with Gasteiger partial charge in [-0.2, -0.15) is 0 Å². The number of ether oxygens (including phenoxy) is 1. The van der Waals surface area contributed by atoms with Gasteiger partial charge in [0.05, 0.1) is 12.3 Å². The highest BCUT2D eigenvalue weighted by molar-refractivity contribution is 7.21. The van der Waals surface area contributed by atoms with E-state index in [2.05, 4.69) is 32.7 Å². The molecule has 5 rings (SSSR count). The Bertz CT molecular complexity index is 1210. The van der Waals surface area contributed by atoms with E-state index < -0.39 is 0 Å². The topological polar surface area (TPSA) is 105 Å². The highest BCUT2D eigenvalue weighted by Gasteiger charge is 2.33. The Morgan fingerprint density at radius 3 is 2.91 bits per heavy atom. The number of hydrogen-bond donors (Lipinski definition) is 3. The summed E-state index contributed by atoms with van der Waals surface area (Å²) in [6.45, 7) is 4.55. The van der Waals surface area contributed by atoms with Gasteiger partial charge in [-0.3, -0.25) is 4.79 Å². The van der Waals surface area contributed by atoms with Gasteiger partial charge in [0.15, 0.2) is 0 Å². The van der Waals surface area contributed by atoms with Crippen molar-refractivity contribution in [3.05, 3.63) is 46.1 Å². The summed E-state index contributed by atoms with van der Waals surface area (Å²) in [6.07, 6.45) is 2.49. The number of nitrogens with one attached hydrogen (secondary N) is 2. The van der Waals surface area contributed by atoms with E-state index in [1.165, 1.54) is 16.9 Å². The van der Waals surface area contributed by atoms with Gasteiger partial charge in [0.2, 0.25) is 0 Å². The Balaban J connectivity index is 1.26. The molecule has 1 fully saturated rings. The Morgan fingerprint density at radius 2 is 2.12 bits per heavy atom. The average Bonchev–Trinajstić information content (AvgIpc) is 3.39. The number of likely N-dealkylation sites (N-methyl/N-ethyl adjacent to an activating group) is 1. The lowest BCUT2D eigenvalue weighted by atomic mass is 9.91. The van der Waals surface area contributed by atoms with Gasteiger partial charge in [0, 0.05) is 55.0 Å². The van der Waals surface area contributed by atoms with Crippen LogP contribution in [0.5, 0.6) is 0 Å². The number of nitrogens with zero attached hydrogens (tertiary/aromatic N) is 3. The number of anilines is 2. The number of aromatic nitrogens is 2. The lowest BCUT2D eigenvalue weighted by Gasteiger charge is -2.26. The highest BCUT2D eigenvalue weighted by atomic mass is 32.1. The summed E-state index contributed by atoms with van der Waals surface area (Å²) in [5.41, 5.74) is 10.1. The van der Waals surface area contributed by atoms with Crippen LogP contribution < -0.4 is 21.3 Å². The molecule has 8 nitrogen and oxygen atoms in total. The summed E-state index contributed by atoms with van der Waals surface area (Å²) in [6, 6.07) is 8.62. The van der Waals surface area contributed by atoms with Crippen LogP contribution in [0.3, 0.4) is 0 Å². The number of fused-ring (bicyclic) bond motifs is 2. The van der Waals surface area contributed by atoms with Crippen molar-refractivity contribution in [3.63, 3.8) is 0 Å². The van der Waals surface area contributed by atoms with Crippen LogP contribution in [0.4, 0.5) is 11.5 Å². The molecular weight excluding hydrogens is 448 g/mol. The monoisotopic (exact) mass is 480 g/mol. The summed E-state index contributed by atoms with van der Waals surface area (Å²) < 4.78 is 5.41. The molecule has 34 heavy (non-hydrogen) atoms. The van der Waals surface area contributed by atoms with Crippen molar-refractivity contribution in [1.29, 1.82) is 0 Å². The zero-order valence-electron chi connectivity index (χ0n) is 19.9. The normalized spacial score (nSPS) is 22.2. The Hall–Kier alpha value is -2.75. The van der Waals surface area contributed by atoms with Crippen LogP contribution in [0.15, 0.2) is 24.3 Å². The van der Waals surface area contributed by atoms with Crippen LogP contribution in [-0.4, -0.2) is 61.8 Å². The minimum atomic E-state index is -0.115. The minimum absolute atomic E-state index is 0.0681. The van der Waals surface area contributed by atoms with Crippen LogP contribution in [0.2, 0.25) is 0 Å². The SMILES string of the molecule is CN[C@@H]1CN(c2ccc3c(n2)CC[C@H](NC(=O)c2sc4nc(C)ccc4c2N)C3)C[C@@H]1COC. The van der Waals surface area contributed by atoms with Crippen LogP contribution in [0.1, 0.15) is 33.0 Å². The lowest BCUT2D eigenvalue weighted by Crippen LogP contribution is -2.39. The van der Waals surface area contributed by atoms with Gasteiger partial charge in [-0.1, -0.05) is 6.07 Å². The molecule has 0 unspecified atom stereocenters. The van der Waals surface area contributed by atoms with Crippen molar-refractivity contribution in [2.75, 3.05) is 44.5 Å². The quantitative estimate of drug-likeness (QED) is 0.498. The van der Waals surface area contributed by atoms with Gasteiger partial charge < -0.3 is 26.0 Å². The molecule has 9 heteroatoms.